The van der Waals surface area contributed by atoms with Gasteiger partial charge in [0, 0.05) is 22.7 Å². The molecule has 2 amide bonds. The molecule has 0 atom stereocenters. The van der Waals surface area contributed by atoms with Crippen molar-refractivity contribution in [2.24, 2.45) is 0 Å². The number of hydrogen-bond acceptors (Lipinski definition) is 5. The number of aromatic nitrogens is 2. The Labute approximate surface area is 188 Å². The lowest BCUT2D eigenvalue weighted by Crippen LogP contribution is -2.28. The number of aryl methyl sites for hydroxylation is 1. The van der Waals surface area contributed by atoms with Gasteiger partial charge < -0.3 is 10.6 Å². The summed E-state index contributed by atoms with van der Waals surface area (Å²) in [7, 11) is 0. The Morgan fingerprint density at radius 2 is 1.88 bits per heavy atom. The molecule has 2 heterocycles. The summed E-state index contributed by atoms with van der Waals surface area (Å²) in [6.07, 6.45) is 1.40. The molecule has 0 aliphatic carbocycles. The van der Waals surface area contributed by atoms with Gasteiger partial charge in [-0.05, 0) is 43.2 Å². The highest BCUT2D eigenvalue weighted by atomic mass is 32.1. The topological polar surface area (TPSA) is 93.1 Å². The zero-order valence-electron chi connectivity index (χ0n) is 17.7. The minimum Gasteiger partial charge on any atom is -0.352 e. The van der Waals surface area contributed by atoms with E-state index in [0.717, 1.165) is 16.0 Å². The van der Waals surface area contributed by atoms with Gasteiger partial charge in [-0.25, -0.2) is 4.98 Å². The summed E-state index contributed by atoms with van der Waals surface area (Å²) in [5, 5.41) is 6.00. The van der Waals surface area contributed by atoms with Crippen molar-refractivity contribution >= 4 is 39.1 Å². The number of fused-ring (bicyclic) bond motifs is 1. The lowest BCUT2D eigenvalue weighted by molar-refractivity contribution is -0.116. The van der Waals surface area contributed by atoms with Gasteiger partial charge in [-0.2, -0.15) is 0 Å². The van der Waals surface area contributed by atoms with Crippen LogP contribution in [0.3, 0.4) is 0 Å². The van der Waals surface area contributed by atoms with Gasteiger partial charge in [0.1, 0.15) is 11.4 Å². The molecule has 0 aliphatic rings. The second-order valence-electron chi connectivity index (χ2n) is 7.27. The van der Waals surface area contributed by atoms with Crippen LogP contribution in [-0.4, -0.2) is 27.9 Å². The Morgan fingerprint density at radius 3 is 2.62 bits per heavy atom. The van der Waals surface area contributed by atoms with Crippen LogP contribution < -0.4 is 16.2 Å². The highest BCUT2D eigenvalue weighted by molar-refractivity contribution is 7.22. The molecule has 0 spiro atoms. The van der Waals surface area contributed by atoms with Gasteiger partial charge in [-0.3, -0.25) is 19.0 Å². The lowest BCUT2D eigenvalue weighted by atomic mass is 10.1. The van der Waals surface area contributed by atoms with Crippen LogP contribution in [0.4, 0.5) is 5.69 Å². The summed E-state index contributed by atoms with van der Waals surface area (Å²) in [4.78, 5) is 43.7. The van der Waals surface area contributed by atoms with Crippen molar-refractivity contribution in [2.45, 2.75) is 20.4 Å². The van der Waals surface area contributed by atoms with Gasteiger partial charge in [0.05, 0.1) is 11.7 Å². The molecule has 32 heavy (non-hydrogen) atoms. The number of anilines is 1. The fourth-order valence-electron chi connectivity index (χ4n) is 3.49. The average Bonchev–Trinajstić information content (AvgIpc) is 3.13. The molecule has 8 heteroatoms. The third kappa shape index (κ3) is 4.31. The quantitative estimate of drug-likeness (QED) is 0.471. The van der Waals surface area contributed by atoms with Crippen LogP contribution in [0.25, 0.3) is 20.7 Å². The first-order valence-electron chi connectivity index (χ1n) is 10.2. The van der Waals surface area contributed by atoms with Crippen LogP contribution in [0.15, 0.2) is 65.7 Å². The molecule has 0 saturated carbocycles. The SMILES string of the molecule is CCNC(=O)c1cccc(NC(=O)Cn2cnc3sc(-c4ccccc4)c(C)c3c2=O)c1. The van der Waals surface area contributed by atoms with Crippen LogP contribution in [-0.2, 0) is 11.3 Å². The van der Waals surface area contributed by atoms with E-state index in [-0.39, 0.29) is 23.9 Å². The molecule has 4 aromatic rings. The Morgan fingerprint density at radius 1 is 1.09 bits per heavy atom. The van der Waals surface area contributed by atoms with Crippen LogP contribution in [0, 0.1) is 6.92 Å². The fourth-order valence-corrected chi connectivity index (χ4v) is 4.64. The van der Waals surface area contributed by atoms with Crippen LogP contribution in [0.1, 0.15) is 22.8 Å². The molecule has 0 saturated heterocycles. The first-order chi connectivity index (χ1) is 15.5. The molecular formula is C24H22N4O3S. The maximum absolute atomic E-state index is 13.1. The number of benzene rings is 2. The number of carbonyl (C=O) groups is 2. The Kier molecular flexibility index (Phi) is 6.13. The molecule has 7 nitrogen and oxygen atoms in total. The van der Waals surface area contributed by atoms with Crippen molar-refractivity contribution in [1.29, 1.82) is 0 Å². The van der Waals surface area contributed by atoms with Gasteiger partial charge >= 0.3 is 0 Å². The summed E-state index contributed by atoms with van der Waals surface area (Å²) in [6.45, 7) is 4.08. The van der Waals surface area contributed by atoms with Crippen LogP contribution in [0.5, 0.6) is 0 Å². The first kappa shape index (κ1) is 21.5. The zero-order valence-corrected chi connectivity index (χ0v) is 18.5. The van der Waals surface area contributed by atoms with Crippen LogP contribution >= 0.6 is 11.3 Å². The molecule has 0 unspecified atom stereocenters. The summed E-state index contributed by atoms with van der Waals surface area (Å²) in [5.74, 6) is -0.589. The fraction of sp³-hybridized carbons (Fsp3) is 0.167. The molecule has 0 bridgehead atoms. The average molecular weight is 447 g/mol. The maximum atomic E-state index is 13.1. The Hall–Kier alpha value is -3.78. The smallest absolute Gasteiger partial charge is 0.262 e. The highest BCUT2D eigenvalue weighted by Crippen LogP contribution is 2.35. The van der Waals surface area contributed by atoms with Gasteiger partial charge in [0.15, 0.2) is 0 Å². The number of rotatable bonds is 6. The van der Waals surface area contributed by atoms with E-state index in [0.29, 0.717) is 28.0 Å². The molecule has 0 fully saturated rings. The predicted octanol–water partition coefficient (Wildman–Crippen LogP) is 3.82. The molecule has 0 radical (unpaired) electrons. The number of nitrogens with one attached hydrogen (secondary N) is 2. The molecule has 2 N–H and O–H groups in total. The van der Waals surface area contributed by atoms with Crippen molar-refractivity contribution in [3.8, 4) is 10.4 Å². The molecule has 2 aromatic heterocycles. The predicted molar refractivity (Wildman–Crippen MR) is 127 cm³/mol. The van der Waals surface area contributed by atoms with Crippen LogP contribution in [0.2, 0.25) is 0 Å². The lowest BCUT2D eigenvalue weighted by Gasteiger charge is -2.09. The molecule has 162 valence electrons. The highest BCUT2D eigenvalue weighted by Gasteiger charge is 2.17. The number of carbonyl (C=O) groups excluding carboxylic acids is 2. The van der Waals surface area contributed by atoms with Crippen molar-refractivity contribution in [1.82, 2.24) is 14.9 Å². The van der Waals surface area contributed by atoms with E-state index in [1.54, 1.807) is 24.3 Å². The zero-order chi connectivity index (χ0) is 22.7. The number of nitrogens with zero attached hydrogens (tertiary/aromatic N) is 2. The second kappa shape index (κ2) is 9.15. The number of hydrogen-bond donors (Lipinski definition) is 2. The summed E-state index contributed by atoms with van der Waals surface area (Å²) >= 11 is 1.47. The molecule has 4 rings (SSSR count). The third-order valence-corrected chi connectivity index (χ3v) is 6.26. The third-order valence-electron chi connectivity index (χ3n) is 5.01. The van der Waals surface area contributed by atoms with E-state index < -0.39 is 0 Å². The van der Waals surface area contributed by atoms with E-state index in [4.69, 9.17) is 0 Å². The van der Waals surface area contributed by atoms with Crippen molar-refractivity contribution in [2.75, 3.05) is 11.9 Å². The normalized spacial score (nSPS) is 10.8. The van der Waals surface area contributed by atoms with E-state index in [2.05, 4.69) is 15.6 Å². The summed E-state index contributed by atoms with van der Waals surface area (Å²) in [6, 6.07) is 16.5. The minimum atomic E-state index is -0.377. The van der Waals surface area contributed by atoms with Gasteiger partial charge in [-0.15, -0.1) is 11.3 Å². The van der Waals surface area contributed by atoms with E-state index in [1.807, 2.05) is 44.2 Å². The summed E-state index contributed by atoms with van der Waals surface area (Å²) < 4.78 is 1.31. The number of thiophene rings is 1. The molecule has 0 aliphatic heterocycles. The van der Waals surface area contributed by atoms with Gasteiger partial charge in [0.25, 0.3) is 11.5 Å². The van der Waals surface area contributed by atoms with Crippen molar-refractivity contribution < 1.29 is 9.59 Å². The number of amides is 2. The van der Waals surface area contributed by atoms with E-state index >= 15 is 0 Å². The van der Waals surface area contributed by atoms with Gasteiger partial charge in [-0.1, -0.05) is 36.4 Å². The van der Waals surface area contributed by atoms with E-state index in [1.165, 1.54) is 22.2 Å². The standard InChI is InChI=1S/C24H22N4O3S/c1-3-25-22(30)17-10-7-11-18(12-17)27-19(29)13-28-14-26-23-20(24(28)31)15(2)21(32-23)16-8-5-4-6-9-16/h4-12,14H,3,13H2,1-2H3,(H,25,30)(H,27,29). The molecular weight excluding hydrogens is 424 g/mol. The largest absolute Gasteiger partial charge is 0.352 e. The first-order valence-corrected chi connectivity index (χ1v) is 11.0. The second-order valence-corrected chi connectivity index (χ2v) is 8.27. The molecule has 2 aromatic carbocycles. The Bertz CT molecular complexity index is 1360. The van der Waals surface area contributed by atoms with Crippen molar-refractivity contribution in [3.63, 3.8) is 0 Å². The van der Waals surface area contributed by atoms with Crippen molar-refractivity contribution in [3.05, 3.63) is 82.4 Å². The summed E-state index contributed by atoms with van der Waals surface area (Å²) in [5.41, 5.74) is 2.57. The van der Waals surface area contributed by atoms with E-state index in [9.17, 15) is 14.4 Å². The van der Waals surface area contributed by atoms with Gasteiger partial charge in [0.2, 0.25) is 5.91 Å². The Balaban J connectivity index is 1.57. The monoisotopic (exact) mass is 446 g/mol. The minimum absolute atomic E-state index is 0.177. The maximum Gasteiger partial charge on any atom is 0.262 e.